The van der Waals surface area contributed by atoms with Crippen LogP contribution in [0.15, 0.2) is 66.9 Å². The summed E-state index contributed by atoms with van der Waals surface area (Å²) in [5.74, 6) is -1.49. The molecule has 0 fully saturated rings. The second-order valence-electron chi connectivity index (χ2n) is 9.93. The highest BCUT2D eigenvalue weighted by atomic mass is 19.1. The summed E-state index contributed by atoms with van der Waals surface area (Å²) < 4.78 is 50.3. The summed E-state index contributed by atoms with van der Waals surface area (Å²) in [5, 5.41) is 3.17. The number of carbonyl (C=O) groups is 2. The number of amides is 1. The van der Waals surface area contributed by atoms with Crippen molar-refractivity contribution in [2.45, 2.75) is 26.9 Å². The van der Waals surface area contributed by atoms with Gasteiger partial charge in [0.2, 0.25) is 0 Å². The fraction of sp³-hybridized carbons (Fsp3) is 0.233. The molecule has 40 heavy (non-hydrogen) atoms. The molecule has 10 heteroatoms. The zero-order chi connectivity index (χ0) is 29.0. The highest BCUT2D eigenvalue weighted by Gasteiger charge is 2.35. The van der Waals surface area contributed by atoms with Gasteiger partial charge in [-0.3, -0.25) is 9.78 Å². The molecule has 0 bridgehead atoms. The van der Waals surface area contributed by atoms with Gasteiger partial charge < -0.3 is 24.3 Å². The molecule has 4 rings (SSSR count). The number of benzene rings is 3. The highest BCUT2D eigenvalue weighted by molar-refractivity contribution is 5.98. The number of hydrogen-bond donors (Lipinski definition) is 1. The van der Waals surface area contributed by atoms with Crippen molar-refractivity contribution in [2.75, 3.05) is 19.5 Å². The monoisotopic (exact) mass is 550 g/mol. The average Bonchev–Trinajstić information content (AvgIpc) is 2.92. The predicted octanol–water partition coefficient (Wildman–Crippen LogP) is 6.53. The SMILES string of the molecule is COc1cc2nccc(Oc3ccc(NC(=O)[C@H](OC(=O)c4ccc(F)cc4)C(C)(C)C)cc3F)c2cc1OC. The Bertz CT molecular complexity index is 1550. The second-order valence-corrected chi connectivity index (χ2v) is 9.93. The number of fused-ring (bicyclic) bond motifs is 1. The smallest absolute Gasteiger partial charge is 0.338 e. The van der Waals surface area contributed by atoms with Gasteiger partial charge in [-0.25, -0.2) is 13.6 Å². The van der Waals surface area contributed by atoms with E-state index in [0.29, 0.717) is 28.2 Å². The Hall–Kier alpha value is -4.73. The van der Waals surface area contributed by atoms with E-state index in [1.807, 2.05) is 0 Å². The molecule has 0 spiro atoms. The van der Waals surface area contributed by atoms with E-state index in [1.54, 1.807) is 39.0 Å². The molecule has 0 unspecified atom stereocenters. The van der Waals surface area contributed by atoms with E-state index < -0.39 is 35.0 Å². The topological polar surface area (TPSA) is 96.0 Å². The molecular weight excluding hydrogens is 522 g/mol. The third kappa shape index (κ3) is 6.28. The third-order valence-electron chi connectivity index (χ3n) is 5.96. The van der Waals surface area contributed by atoms with Crippen molar-refractivity contribution in [2.24, 2.45) is 5.41 Å². The number of nitrogens with one attached hydrogen (secondary N) is 1. The Morgan fingerprint density at radius 2 is 1.52 bits per heavy atom. The van der Waals surface area contributed by atoms with Crippen LogP contribution in [0.4, 0.5) is 14.5 Å². The van der Waals surface area contributed by atoms with Crippen molar-refractivity contribution in [3.05, 3.63) is 84.1 Å². The van der Waals surface area contributed by atoms with E-state index in [1.165, 1.54) is 44.7 Å². The molecule has 0 aliphatic heterocycles. The van der Waals surface area contributed by atoms with Crippen molar-refractivity contribution in [3.8, 4) is 23.0 Å². The first-order valence-corrected chi connectivity index (χ1v) is 12.3. The summed E-state index contributed by atoms with van der Waals surface area (Å²) in [6.45, 7) is 5.16. The summed E-state index contributed by atoms with van der Waals surface area (Å²) in [6.07, 6.45) is 0.301. The maximum Gasteiger partial charge on any atom is 0.338 e. The van der Waals surface area contributed by atoms with Crippen LogP contribution in [0.2, 0.25) is 0 Å². The molecule has 0 radical (unpaired) electrons. The standard InChI is InChI=1S/C30H28F2N2O6/c1-30(2,3)27(40-29(36)17-6-8-18(31)9-7-17)28(35)34-19-10-11-24(21(32)14-19)39-23-12-13-33-22-16-26(38-5)25(37-4)15-20(22)23/h6-16,27H,1-5H3,(H,34,35)/t27-/m0/s1. The minimum Gasteiger partial charge on any atom is -0.493 e. The van der Waals surface area contributed by atoms with Crippen LogP contribution < -0.4 is 19.5 Å². The van der Waals surface area contributed by atoms with E-state index in [9.17, 15) is 14.0 Å². The lowest BCUT2D eigenvalue weighted by atomic mass is 9.88. The van der Waals surface area contributed by atoms with Gasteiger partial charge in [0.15, 0.2) is 29.2 Å². The number of halogens is 2. The second kappa shape index (κ2) is 11.6. The first kappa shape index (κ1) is 28.3. The van der Waals surface area contributed by atoms with E-state index in [4.69, 9.17) is 18.9 Å². The van der Waals surface area contributed by atoms with Gasteiger partial charge in [-0.1, -0.05) is 20.8 Å². The number of carbonyl (C=O) groups excluding carboxylic acids is 2. The molecule has 3 aromatic carbocycles. The highest BCUT2D eigenvalue weighted by Crippen LogP contribution is 2.37. The van der Waals surface area contributed by atoms with Crippen LogP contribution in [0.25, 0.3) is 10.9 Å². The van der Waals surface area contributed by atoms with Crippen LogP contribution in [-0.4, -0.2) is 37.2 Å². The van der Waals surface area contributed by atoms with Crippen molar-refractivity contribution < 1.29 is 37.3 Å². The van der Waals surface area contributed by atoms with Crippen LogP contribution in [0.3, 0.4) is 0 Å². The van der Waals surface area contributed by atoms with Crippen LogP contribution in [0.5, 0.6) is 23.0 Å². The van der Waals surface area contributed by atoms with E-state index >= 15 is 4.39 Å². The summed E-state index contributed by atoms with van der Waals surface area (Å²) >= 11 is 0. The van der Waals surface area contributed by atoms with Gasteiger partial charge in [0.05, 0.1) is 25.3 Å². The number of hydrogen-bond acceptors (Lipinski definition) is 7. The molecule has 8 nitrogen and oxygen atoms in total. The fourth-order valence-electron chi connectivity index (χ4n) is 3.91. The lowest BCUT2D eigenvalue weighted by Crippen LogP contribution is -2.42. The number of esters is 1. The van der Waals surface area contributed by atoms with Gasteiger partial charge in [0.1, 0.15) is 11.6 Å². The Balaban J connectivity index is 1.53. The molecule has 208 valence electrons. The molecule has 1 amide bonds. The van der Waals surface area contributed by atoms with Crippen molar-refractivity contribution in [1.82, 2.24) is 4.98 Å². The molecule has 0 saturated carbocycles. The zero-order valence-corrected chi connectivity index (χ0v) is 22.6. The number of anilines is 1. The molecule has 1 N–H and O–H groups in total. The number of rotatable bonds is 8. The Kier molecular flexibility index (Phi) is 8.18. The number of methoxy groups -OCH3 is 2. The molecule has 1 aromatic heterocycles. The number of ether oxygens (including phenoxy) is 4. The molecule has 0 aliphatic rings. The number of aromatic nitrogens is 1. The molecule has 1 atom stereocenters. The number of nitrogens with zero attached hydrogens (tertiary/aromatic N) is 1. The van der Waals surface area contributed by atoms with Crippen molar-refractivity contribution >= 4 is 28.5 Å². The maximum atomic E-state index is 15.1. The van der Waals surface area contributed by atoms with E-state index in [-0.39, 0.29) is 17.0 Å². The first-order valence-electron chi connectivity index (χ1n) is 12.3. The Morgan fingerprint density at radius 3 is 2.15 bits per heavy atom. The van der Waals surface area contributed by atoms with Gasteiger partial charge in [0.25, 0.3) is 5.91 Å². The normalized spacial score (nSPS) is 12.0. The van der Waals surface area contributed by atoms with Crippen LogP contribution >= 0.6 is 0 Å². The molecule has 0 saturated heterocycles. The molecular formula is C30H28F2N2O6. The predicted molar refractivity (Wildman–Crippen MR) is 145 cm³/mol. The van der Waals surface area contributed by atoms with E-state index in [2.05, 4.69) is 10.3 Å². The zero-order valence-electron chi connectivity index (χ0n) is 22.6. The van der Waals surface area contributed by atoms with Crippen LogP contribution in [-0.2, 0) is 9.53 Å². The third-order valence-corrected chi connectivity index (χ3v) is 5.96. The van der Waals surface area contributed by atoms with Crippen LogP contribution in [0.1, 0.15) is 31.1 Å². The first-order chi connectivity index (χ1) is 19.0. The minimum atomic E-state index is -1.22. The molecule has 0 aliphatic carbocycles. The Labute approximate surface area is 229 Å². The molecule has 4 aromatic rings. The lowest BCUT2D eigenvalue weighted by Gasteiger charge is -2.29. The Morgan fingerprint density at radius 1 is 0.850 bits per heavy atom. The summed E-state index contributed by atoms with van der Waals surface area (Å²) in [4.78, 5) is 30.0. The fourth-order valence-corrected chi connectivity index (χ4v) is 3.91. The average molecular weight is 551 g/mol. The van der Waals surface area contributed by atoms with E-state index in [0.717, 1.165) is 18.2 Å². The quantitative estimate of drug-likeness (QED) is 0.249. The van der Waals surface area contributed by atoms with Gasteiger partial charge in [0, 0.05) is 34.8 Å². The van der Waals surface area contributed by atoms with Crippen molar-refractivity contribution in [3.63, 3.8) is 0 Å². The van der Waals surface area contributed by atoms with Gasteiger partial charge in [-0.05, 0) is 48.5 Å². The number of pyridine rings is 1. The lowest BCUT2D eigenvalue weighted by molar-refractivity contribution is -0.130. The summed E-state index contributed by atoms with van der Waals surface area (Å²) in [7, 11) is 3.01. The maximum absolute atomic E-state index is 15.1. The van der Waals surface area contributed by atoms with Crippen LogP contribution in [0, 0.1) is 17.0 Å². The van der Waals surface area contributed by atoms with Gasteiger partial charge in [-0.2, -0.15) is 0 Å². The van der Waals surface area contributed by atoms with Crippen molar-refractivity contribution in [1.29, 1.82) is 0 Å². The van der Waals surface area contributed by atoms with Gasteiger partial charge >= 0.3 is 5.97 Å². The minimum absolute atomic E-state index is 0.0876. The molecule has 1 heterocycles. The van der Waals surface area contributed by atoms with Gasteiger partial charge in [-0.15, -0.1) is 0 Å². The largest absolute Gasteiger partial charge is 0.493 e. The summed E-state index contributed by atoms with van der Waals surface area (Å²) in [5.41, 5.74) is -0.0143. The summed E-state index contributed by atoms with van der Waals surface area (Å²) in [6, 6.07) is 13.7.